The lowest BCUT2D eigenvalue weighted by Gasteiger charge is -2.29. The zero-order chi connectivity index (χ0) is 27.6. The number of benzene rings is 3. The molecular weight excluding hydrogens is 506 g/mol. The van der Waals surface area contributed by atoms with E-state index in [1.807, 2.05) is 67.6 Å². The number of carbonyl (C=O) groups is 2. The molecule has 9 heteroatoms. The number of hydrogen-bond donors (Lipinski definition) is 2. The number of carbonyl (C=O) groups excluding carboxylic acids is 2. The zero-order valence-electron chi connectivity index (χ0n) is 22.1. The predicted molar refractivity (Wildman–Crippen MR) is 156 cm³/mol. The topological polar surface area (TPSA) is 112 Å². The molecule has 5 aromatic rings. The quantitative estimate of drug-likeness (QED) is 0.300. The van der Waals surface area contributed by atoms with Crippen LogP contribution < -0.4 is 16.0 Å². The van der Waals surface area contributed by atoms with E-state index in [0.29, 0.717) is 29.9 Å². The number of pyridine rings is 1. The van der Waals surface area contributed by atoms with E-state index in [1.54, 1.807) is 12.4 Å². The molecule has 40 heavy (non-hydrogen) atoms. The van der Waals surface area contributed by atoms with Gasteiger partial charge in [0.2, 0.25) is 0 Å². The van der Waals surface area contributed by atoms with Gasteiger partial charge in [0.1, 0.15) is 6.61 Å². The Morgan fingerprint density at radius 3 is 2.55 bits per heavy atom. The molecule has 3 N–H and O–H groups in total. The van der Waals surface area contributed by atoms with E-state index >= 15 is 0 Å². The van der Waals surface area contributed by atoms with E-state index in [2.05, 4.69) is 21.3 Å². The number of rotatable bonds is 5. The van der Waals surface area contributed by atoms with Crippen molar-refractivity contribution in [3.8, 4) is 11.1 Å². The van der Waals surface area contributed by atoms with Crippen molar-refractivity contribution in [2.24, 2.45) is 5.73 Å². The van der Waals surface area contributed by atoms with Crippen LogP contribution in [0.25, 0.3) is 32.9 Å². The van der Waals surface area contributed by atoms with Crippen molar-refractivity contribution in [2.45, 2.75) is 13.5 Å². The average Bonchev–Trinajstić information content (AvgIpc) is 3.32. The summed E-state index contributed by atoms with van der Waals surface area (Å²) in [6, 6.07) is 20.7. The van der Waals surface area contributed by atoms with Gasteiger partial charge in [-0.1, -0.05) is 42.5 Å². The molecule has 0 spiro atoms. The van der Waals surface area contributed by atoms with Crippen LogP contribution in [0.5, 0.6) is 0 Å². The summed E-state index contributed by atoms with van der Waals surface area (Å²) < 4.78 is 12.5. The fourth-order valence-corrected chi connectivity index (χ4v) is 5.34. The molecule has 6 rings (SSSR count). The van der Waals surface area contributed by atoms with Crippen molar-refractivity contribution in [1.82, 2.24) is 9.55 Å². The van der Waals surface area contributed by atoms with Gasteiger partial charge >= 0.3 is 12.1 Å². The molecule has 0 bridgehead atoms. The minimum atomic E-state index is -0.577. The van der Waals surface area contributed by atoms with Gasteiger partial charge in [-0.05, 0) is 47.9 Å². The van der Waals surface area contributed by atoms with Gasteiger partial charge in [-0.3, -0.25) is 14.9 Å². The predicted octanol–water partition coefficient (Wildman–Crippen LogP) is 5.68. The number of hydrogen-bond acceptors (Lipinski definition) is 6. The molecule has 0 atom stereocenters. The first-order valence-electron chi connectivity index (χ1n) is 13.1. The van der Waals surface area contributed by atoms with Gasteiger partial charge in [0.15, 0.2) is 0 Å². The lowest BCUT2D eigenvalue weighted by Crippen LogP contribution is -2.36. The second kappa shape index (κ2) is 10.7. The number of morpholine rings is 1. The molecule has 1 saturated heterocycles. The number of nitrogens with one attached hydrogen (secondary N) is 1. The average molecular weight is 536 g/mol. The van der Waals surface area contributed by atoms with Gasteiger partial charge < -0.3 is 20.1 Å². The van der Waals surface area contributed by atoms with Gasteiger partial charge in [0.25, 0.3) is 0 Å². The number of amides is 2. The first-order chi connectivity index (χ1) is 19.5. The molecule has 1 fully saturated rings. The second-order valence-electron chi connectivity index (χ2n) is 9.72. The van der Waals surface area contributed by atoms with E-state index < -0.39 is 12.1 Å². The molecule has 2 aromatic heterocycles. The third kappa shape index (κ3) is 4.71. The summed E-state index contributed by atoms with van der Waals surface area (Å²) in [6.45, 7) is 5.04. The Bertz CT molecular complexity index is 1720. The Kier molecular flexibility index (Phi) is 6.79. The minimum Gasteiger partial charge on any atom is -0.444 e. The van der Waals surface area contributed by atoms with Crippen LogP contribution in [0.4, 0.5) is 21.0 Å². The Morgan fingerprint density at radius 2 is 1.77 bits per heavy atom. The van der Waals surface area contributed by atoms with Crippen molar-refractivity contribution in [3.05, 3.63) is 90.3 Å². The van der Waals surface area contributed by atoms with E-state index in [-0.39, 0.29) is 6.61 Å². The number of primary amides is 1. The number of nitrogens with two attached hydrogens (primary N) is 1. The van der Waals surface area contributed by atoms with E-state index in [0.717, 1.165) is 51.8 Å². The maximum Gasteiger partial charge on any atom is 0.411 e. The van der Waals surface area contributed by atoms with Gasteiger partial charge in [-0.15, -0.1) is 0 Å². The van der Waals surface area contributed by atoms with Gasteiger partial charge in [-0.2, -0.15) is 0 Å². The van der Waals surface area contributed by atoms with Crippen molar-refractivity contribution in [3.63, 3.8) is 0 Å². The number of fused-ring (bicyclic) bond motifs is 3. The summed E-state index contributed by atoms with van der Waals surface area (Å²) in [5.41, 5.74) is 12.3. The summed E-state index contributed by atoms with van der Waals surface area (Å²) >= 11 is 0. The maximum absolute atomic E-state index is 12.6. The van der Waals surface area contributed by atoms with Gasteiger partial charge in [0, 0.05) is 47.0 Å². The SMILES string of the molecule is Cc1c(NC(=O)OCc2ccccc2)cccc1-c1cncc2c1c1cc(N3CCOCC3)ccc1n2C(N)=O. The Morgan fingerprint density at radius 1 is 0.975 bits per heavy atom. The van der Waals surface area contributed by atoms with Gasteiger partial charge in [0.05, 0.1) is 30.4 Å². The summed E-state index contributed by atoms with van der Waals surface area (Å²) in [7, 11) is 0. The van der Waals surface area contributed by atoms with Crippen LogP contribution in [0.2, 0.25) is 0 Å². The van der Waals surface area contributed by atoms with E-state index in [4.69, 9.17) is 15.2 Å². The number of nitrogens with zero attached hydrogens (tertiary/aromatic N) is 3. The Balaban J connectivity index is 1.41. The normalized spacial score (nSPS) is 13.5. The standard InChI is InChI=1S/C31H29N5O4/c1-20-23(8-5-9-26(20)34-31(38)40-19-21-6-3-2-4-7-21)25-17-33-18-28-29(25)24-16-22(35-12-14-39-15-13-35)10-11-27(24)36(28)30(32)37/h2-11,16-18H,12-15,19H2,1H3,(H2,32,37)(H,34,38). The smallest absolute Gasteiger partial charge is 0.411 e. The van der Waals surface area contributed by atoms with Crippen molar-refractivity contribution in [2.75, 3.05) is 36.5 Å². The van der Waals surface area contributed by atoms with Crippen LogP contribution >= 0.6 is 0 Å². The van der Waals surface area contributed by atoms with Crippen molar-refractivity contribution >= 4 is 45.3 Å². The maximum atomic E-state index is 12.6. The highest BCUT2D eigenvalue weighted by atomic mass is 16.5. The fraction of sp³-hybridized carbons (Fsp3) is 0.194. The van der Waals surface area contributed by atoms with E-state index in [1.165, 1.54) is 4.57 Å². The summed E-state index contributed by atoms with van der Waals surface area (Å²) in [4.78, 5) is 32.0. The Labute approximate surface area is 231 Å². The van der Waals surface area contributed by atoms with E-state index in [9.17, 15) is 9.59 Å². The largest absolute Gasteiger partial charge is 0.444 e. The summed E-state index contributed by atoms with van der Waals surface area (Å²) in [5.74, 6) is 0. The molecule has 202 valence electrons. The van der Waals surface area contributed by atoms with Crippen molar-refractivity contribution in [1.29, 1.82) is 0 Å². The molecule has 0 radical (unpaired) electrons. The number of aromatic nitrogens is 2. The summed E-state index contributed by atoms with van der Waals surface area (Å²) in [5, 5.41) is 4.64. The highest BCUT2D eigenvalue weighted by molar-refractivity contribution is 6.19. The molecule has 1 aliphatic heterocycles. The van der Waals surface area contributed by atoms with Crippen LogP contribution in [-0.4, -0.2) is 48.0 Å². The molecule has 0 aliphatic carbocycles. The highest BCUT2D eigenvalue weighted by Gasteiger charge is 2.21. The molecule has 0 saturated carbocycles. The van der Waals surface area contributed by atoms with Gasteiger partial charge in [-0.25, -0.2) is 9.59 Å². The van der Waals surface area contributed by atoms with Crippen LogP contribution in [-0.2, 0) is 16.1 Å². The Hall–Kier alpha value is -4.89. The van der Waals surface area contributed by atoms with Crippen LogP contribution in [0.3, 0.4) is 0 Å². The van der Waals surface area contributed by atoms with Crippen LogP contribution in [0.15, 0.2) is 79.1 Å². The third-order valence-electron chi connectivity index (χ3n) is 7.33. The zero-order valence-corrected chi connectivity index (χ0v) is 22.1. The van der Waals surface area contributed by atoms with Crippen LogP contribution in [0, 0.1) is 6.92 Å². The molecule has 9 nitrogen and oxygen atoms in total. The minimum absolute atomic E-state index is 0.173. The molecule has 1 aliphatic rings. The summed E-state index contributed by atoms with van der Waals surface area (Å²) in [6.07, 6.45) is 2.91. The van der Waals surface area contributed by atoms with Crippen LogP contribution in [0.1, 0.15) is 11.1 Å². The monoisotopic (exact) mass is 535 g/mol. The number of anilines is 2. The first kappa shape index (κ1) is 25.4. The molecular formula is C31H29N5O4. The lowest BCUT2D eigenvalue weighted by molar-refractivity contribution is 0.122. The second-order valence-corrected chi connectivity index (χ2v) is 9.72. The fourth-order valence-electron chi connectivity index (χ4n) is 5.34. The lowest BCUT2D eigenvalue weighted by atomic mass is 9.96. The molecule has 2 amide bonds. The highest BCUT2D eigenvalue weighted by Crippen LogP contribution is 2.40. The molecule has 0 unspecified atom stereocenters. The van der Waals surface area contributed by atoms with Crippen molar-refractivity contribution < 1.29 is 19.1 Å². The third-order valence-corrected chi connectivity index (χ3v) is 7.33. The molecule has 3 aromatic carbocycles. The first-order valence-corrected chi connectivity index (χ1v) is 13.1. The number of ether oxygens (including phenoxy) is 2. The molecule has 3 heterocycles.